The first-order valence-electron chi connectivity index (χ1n) is 8.69. The van der Waals surface area contributed by atoms with E-state index in [2.05, 4.69) is 39.3 Å². The summed E-state index contributed by atoms with van der Waals surface area (Å²) < 4.78 is 19.3. The third-order valence-corrected chi connectivity index (χ3v) is 6.85. The lowest BCUT2D eigenvalue weighted by molar-refractivity contribution is 0.241. The highest BCUT2D eigenvalue weighted by Crippen LogP contribution is 2.60. The Kier molecular flexibility index (Phi) is 9.12. The molecular weight excluding hydrogens is 283 g/mol. The van der Waals surface area contributed by atoms with Gasteiger partial charge in [-0.3, -0.25) is 0 Å². The first kappa shape index (κ1) is 19.2. The molecule has 0 spiro atoms. The van der Waals surface area contributed by atoms with Gasteiger partial charge in [0.15, 0.2) is 0 Å². The maximum atomic E-state index is 6.02. The van der Waals surface area contributed by atoms with Gasteiger partial charge in [0.05, 0.1) is 13.2 Å². The number of hydrogen-bond acceptors (Lipinski definition) is 3. The molecule has 5 heteroatoms. The van der Waals surface area contributed by atoms with Crippen molar-refractivity contribution in [1.82, 2.24) is 4.67 Å². The second-order valence-electron chi connectivity index (χ2n) is 6.36. The lowest BCUT2D eigenvalue weighted by Gasteiger charge is -2.36. The van der Waals surface area contributed by atoms with Crippen molar-refractivity contribution in [2.24, 2.45) is 4.74 Å². The molecule has 0 N–H and O–H groups in total. The van der Waals surface area contributed by atoms with Crippen LogP contribution in [0.5, 0.6) is 0 Å². The van der Waals surface area contributed by atoms with E-state index in [1.54, 1.807) is 0 Å². The Balaban J connectivity index is 2.56. The van der Waals surface area contributed by atoms with Crippen LogP contribution in [0.15, 0.2) is 4.74 Å². The quantitative estimate of drug-likeness (QED) is 0.396. The summed E-state index contributed by atoms with van der Waals surface area (Å²) in [6, 6.07) is 0.787. The zero-order valence-electron chi connectivity index (χ0n) is 14.7. The summed E-state index contributed by atoms with van der Waals surface area (Å²) in [4.78, 5) is 0. The summed E-state index contributed by atoms with van der Waals surface area (Å²) in [5, 5.41) is 0. The van der Waals surface area contributed by atoms with Gasteiger partial charge in [0.1, 0.15) is 0 Å². The van der Waals surface area contributed by atoms with Crippen molar-refractivity contribution in [3.8, 4) is 0 Å². The van der Waals surface area contributed by atoms with Crippen molar-refractivity contribution in [3.63, 3.8) is 0 Å². The Labute approximate surface area is 131 Å². The molecule has 0 aliphatic carbocycles. The Morgan fingerprint density at radius 1 is 0.905 bits per heavy atom. The SMILES string of the molecule is CCCCCCCCN=P1(N(C(C)C)C(C)C)OCCO1. The van der Waals surface area contributed by atoms with Gasteiger partial charge < -0.3 is 9.05 Å². The number of rotatable bonds is 10. The minimum atomic E-state index is -2.17. The lowest BCUT2D eigenvalue weighted by Crippen LogP contribution is -2.34. The van der Waals surface area contributed by atoms with Crippen LogP contribution in [-0.4, -0.2) is 36.5 Å². The van der Waals surface area contributed by atoms with Crippen LogP contribution in [-0.2, 0) is 9.05 Å². The van der Waals surface area contributed by atoms with Crippen LogP contribution in [0.2, 0.25) is 0 Å². The molecule has 0 aromatic carbocycles. The minimum Gasteiger partial charge on any atom is -0.310 e. The lowest BCUT2D eigenvalue weighted by atomic mass is 10.1. The molecule has 0 unspecified atom stereocenters. The van der Waals surface area contributed by atoms with Crippen molar-refractivity contribution in [3.05, 3.63) is 0 Å². The highest BCUT2D eigenvalue weighted by Gasteiger charge is 2.38. The molecule has 1 rings (SSSR count). The smallest absolute Gasteiger partial charge is 0.290 e. The molecular formula is C16H35N2O2P. The van der Waals surface area contributed by atoms with Gasteiger partial charge in [-0.2, -0.15) is 0 Å². The van der Waals surface area contributed by atoms with Gasteiger partial charge in [-0.15, -0.1) is 0 Å². The van der Waals surface area contributed by atoms with Gasteiger partial charge in [0.25, 0.3) is 7.66 Å². The second-order valence-corrected chi connectivity index (χ2v) is 8.60. The summed E-state index contributed by atoms with van der Waals surface area (Å²) in [5.41, 5.74) is 0. The largest absolute Gasteiger partial charge is 0.310 e. The fourth-order valence-electron chi connectivity index (χ4n) is 2.91. The van der Waals surface area contributed by atoms with E-state index < -0.39 is 7.66 Å². The average molecular weight is 318 g/mol. The van der Waals surface area contributed by atoms with Crippen molar-refractivity contribution in [2.45, 2.75) is 85.2 Å². The van der Waals surface area contributed by atoms with E-state index in [1.165, 1.54) is 32.1 Å². The molecule has 0 atom stereocenters. The maximum Gasteiger partial charge on any atom is 0.290 e. The normalized spacial score (nSPS) is 18.1. The zero-order chi connectivity index (χ0) is 15.7. The Hall–Kier alpha value is 0.110. The molecule has 4 nitrogen and oxygen atoms in total. The van der Waals surface area contributed by atoms with Crippen LogP contribution in [0.1, 0.15) is 73.1 Å². The van der Waals surface area contributed by atoms with Crippen LogP contribution in [0.3, 0.4) is 0 Å². The Morgan fingerprint density at radius 3 is 1.95 bits per heavy atom. The number of nitrogens with zero attached hydrogens (tertiary/aromatic N) is 2. The number of unbranched alkanes of at least 4 members (excludes halogenated alkanes) is 5. The minimum absolute atomic E-state index is 0.393. The second kappa shape index (κ2) is 9.99. The van der Waals surface area contributed by atoms with Crippen LogP contribution in [0.25, 0.3) is 0 Å². The first-order valence-corrected chi connectivity index (χ1v) is 10.2. The van der Waals surface area contributed by atoms with Crippen LogP contribution in [0, 0.1) is 0 Å². The van der Waals surface area contributed by atoms with E-state index in [1.807, 2.05) is 0 Å². The van der Waals surface area contributed by atoms with Gasteiger partial charge in [-0.05, 0) is 34.1 Å². The molecule has 1 aliphatic heterocycles. The monoisotopic (exact) mass is 318 g/mol. The zero-order valence-corrected chi connectivity index (χ0v) is 15.6. The third kappa shape index (κ3) is 6.02. The van der Waals surface area contributed by atoms with Gasteiger partial charge in [0.2, 0.25) is 0 Å². The molecule has 0 amide bonds. The molecule has 1 saturated heterocycles. The van der Waals surface area contributed by atoms with Crippen molar-refractivity contribution >= 4 is 7.66 Å². The van der Waals surface area contributed by atoms with E-state index in [0.717, 1.165) is 13.0 Å². The van der Waals surface area contributed by atoms with E-state index in [0.29, 0.717) is 25.3 Å². The summed E-state index contributed by atoms with van der Waals surface area (Å²) in [5.74, 6) is 0. The Morgan fingerprint density at radius 2 is 1.43 bits per heavy atom. The Bertz CT molecular complexity index is 314. The standard InChI is InChI=1S/C16H35N2O2P/c1-6-7-8-9-10-11-12-17-21(19-13-14-20-21)18(15(2)3)16(4)5/h15-16H,6-14H2,1-5H3. The van der Waals surface area contributed by atoms with Crippen LogP contribution in [0.4, 0.5) is 0 Å². The van der Waals surface area contributed by atoms with Crippen LogP contribution >= 0.6 is 7.66 Å². The fourth-order valence-corrected chi connectivity index (χ4v) is 5.74. The van der Waals surface area contributed by atoms with Gasteiger partial charge >= 0.3 is 0 Å². The fraction of sp³-hybridized carbons (Fsp3) is 1.00. The highest BCUT2D eigenvalue weighted by atomic mass is 31.2. The van der Waals surface area contributed by atoms with Gasteiger partial charge in [0, 0.05) is 18.6 Å². The molecule has 1 aliphatic rings. The van der Waals surface area contributed by atoms with Crippen molar-refractivity contribution < 1.29 is 9.05 Å². The topological polar surface area (TPSA) is 34.1 Å². The summed E-state index contributed by atoms with van der Waals surface area (Å²) in [6.07, 6.45) is 7.77. The predicted octanol–water partition coefficient (Wildman–Crippen LogP) is 5.46. The van der Waals surface area contributed by atoms with Crippen molar-refractivity contribution in [1.29, 1.82) is 0 Å². The molecule has 1 heterocycles. The summed E-state index contributed by atoms with van der Waals surface area (Å²) in [7, 11) is -2.17. The third-order valence-electron chi connectivity index (χ3n) is 3.74. The van der Waals surface area contributed by atoms with E-state index >= 15 is 0 Å². The van der Waals surface area contributed by atoms with Gasteiger partial charge in [-0.1, -0.05) is 39.0 Å². The van der Waals surface area contributed by atoms with Crippen molar-refractivity contribution in [2.75, 3.05) is 19.8 Å². The molecule has 0 aromatic rings. The molecule has 0 radical (unpaired) electrons. The predicted molar refractivity (Wildman–Crippen MR) is 91.6 cm³/mol. The molecule has 126 valence electrons. The molecule has 0 aromatic heterocycles. The van der Waals surface area contributed by atoms with E-state index in [4.69, 9.17) is 13.8 Å². The molecule has 21 heavy (non-hydrogen) atoms. The molecule has 1 fully saturated rings. The first-order chi connectivity index (χ1) is 10.0. The number of hydrogen-bond donors (Lipinski definition) is 0. The highest BCUT2D eigenvalue weighted by molar-refractivity contribution is 7.54. The van der Waals surface area contributed by atoms with Crippen LogP contribution < -0.4 is 0 Å². The van der Waals surface area contributed by atoms with E-state index in [-0.39, 0.29) is 0 Å². The summed E-state index contributed by atoms with van der Waals surface area (Å²) in [6.45, 7) is 13.3. The maximum absolute atomic E-state index is 6.02. The molecule has 0 saturated carbocycles. The van der Waals surface area contributed by atoms with E-state index in [9.17, 15) is 0 Å². The average Bonchev–Trinajstić information content (AvgIpc) is 2.86. The van der Waals surface area contributed by atoms with Gasteiger partial charge in [-0.25, -0.2) is 9.42 Å². The molecule has 0 bridgehead atoms. The summed E-state index contributed by atoms with van der Waals surface area (Å²) >= 11 is 0.